The maximum absolute atomic E-state index is 12.9. The highest BCUT2D eigenvalue weighted by molar-refractivity contribution is 8.18. The van der Waals surface area contributed by atoms with Crippen molar-refractivity contribution in [2.24, 2.45) is 0 Å². The molecule has 0 spiro atoms. The first-order valence-corrected chi connectivity index (χ1v) is 12.2. The van der Waals surface area contributed by atoms with Gasteiger partial charge < -0.3 is 14.4 Å². The Morgan fingerprint density at radius 2 is 1.89 bits per heavy atom. The lowest BCUT2D eigenvalue weighted by Gasteiger charge is -2.17. The van der Waals surface area contributed by atoms with E-state index in [0.717, 1.165) is 42.6 Å². The molecule has 35 heavy (non-hydrogen) atoms. The maximum Gasteiger partial charge on any atom is 0.293 e. The van der Waals surface area contributed by atoms with Crippen LogP contribution in [-0.2, 0) is 16.1 Å². The molecule has 9 heteroatoms. The highest BCUT2D eigenvalue weighted by Gasteiger charge is 2.35. The summed E-state index contributed by atoms with van der Waals surface area (Å²) >= 11 is 0.854. The van der Waals surface area contributed by atoms with Crippen molar-refractivity contribution in [3.8, 4) is 17.6 Å². The number of benzene rings is 2. The average molecular weight is 492 g/mol. The number of nitriles is 1. The van der Waals surface area contributed by atoms with Gasteiger partial charge in [-0.05, 0) is 66.9 Å². The van der Waals surface area contributed by atoms with Crippen molar-refractivity contribution >= 4 is 34.9 Å². The first-order valence-electron chi connectivity index (χ1n) is 11.4. The predicted octanol–water partition coefficient (Wildman–Crippen LogP) is 4.19. The van der Waals surface area contributed by atoms with Gasteiger partial charge in [0.25, 0.3) is 17.1 Å². The molecule has 0 bridgehead atoms. The van der Waals surface area contributed by atoms with Crippen LogP contribution in [0.3, 0.4) is 0 Å². The molecule has 3 amide bonds. The quantitative estimate of drug-likeness (QED) is 0.510. The molecule has 2 aliphatic heterocycles. The van der Waals surface area contributed by atoms with Crippen molar-refractivity contribution in [2.75, 3.05) is 26.3 Å². The lowest BCUT2D eigenvalue weighted by atomic mass is 10.1. The zero-order valence-electron chi connectivity index (χ0n) is 19.4. The molecular weight excluding hydrogens is 466 g/mol. The van der Waals surface area contributed by atoms with Crippen molar-refractivity contribution in [2.45, 2.75) is 26.3 Å². The summed E-state index contributed by atoms with van der Waals surface area (Å²) < 4.78 is 11.4. The summed E-state index contributed by atoms with van der Waals surface area (Å²) in [6.07, 6.45) is 3.66. The number of carbonyl (C=O) groups is 3. The number of ether oxygens (including phenoxy) is 2. The molecule has 0 unspecified atom stereocenters. The van der Waals surface area contributed by atoms with Gasteiger partial charge in [0.05, 0.1) is 29.7 Å². The van der Waals surface area contributed by atoms with E-state index in [2.05, 4.69) is 6.07 Å². The summed E-state index contributed by atoms with van der Waals surface area (Å²) in [6.45, 7) is 3.73. The fraction of sp³-hybridized carbons (Fsp3) is 0.308. The smallest absolute Gasteiger partial charge is 0.293 e. The topological polar surface area (TPSA) is 99.9 Å². The van der Waals surface area contributed by atoms with E-state index in [0.29, 0.717) is 34.8 Å². The highest BCUT2D eigenvalue weighted by atomic mass is 32.2. The van der Waals surface area contributed by atoms with Crippen molar-refractivity contribution in [3.63, 3.8) is 0 Å². The predicted molar refractivity (Wildman–Crippen MR) is 132 cm³/mol. The van der Waals surface area contributed by atoms with Crippen molar-refractivity contribution < 1.29 is 23.9 Å². The largest absolute Gasteiger partial charge is 0.490 e. The van der Waals surface area contributed by atoms with E-state index in [1.54, 1.807) is 53.4 Å². The molecule has 2 fully saturated rings. The second kappa shape index (κ2) is 11.1. The number of thioether (sulfide) groups is 1. The number of rotatable bonds is 8. The number of hydrogen-bond donors (Lipinski definition) is 0. The molecule has 180 valence electrons. The first-order chi connectivity index (χ1) is 17.0. The Bertz CT molecular complexity index is 1210. The van der Waals surface area contributed by atoms with Gasteiger partial charge in [0.1, 0.15) is 0 Å². The Kier molecular flexibility index (Phi) is 7.73. The Morgan fingerprint density at radius 3 is 2.63 bits per heavy atom. The van der Waals surface area contributed by atoms with Crippen LogP contribution in [0.1, 0.15) is 36.5 Å². The fourth-order valence-electron chi connectivity index (χ4n) is 3.92. The summed E-state index contributed by atoms with van der Waals surface area (Å²) in [5, 5.41) is 8.90. The standard InChI is InChI=1S/C26H25N3O5S/c1-2-33-22-13-18(9-10-21(22)34-17-24(30)28-11-5-6-12-28)14-23-25(31)29(26(32)35-23)16-20-8-4-3-7-19(20)15-27/h3-4,7-10,13-14H,2,5-6,11-12,16-17H2,1H3/b23-14-. The van der Waals surface area contributed by atoms with Crippen LogP contribution in [0.4, 0.5) is 4.79 Å². The molecule has 0 aromatic heterocycles. The van der Waals surface area contributed by atoms with E-state index in [9.17, 15) is 19.6 Å². The van der Waals surface area contributed by atoms with E-state index in [1.807, 2.05) is 6.92 Å². The van der Waals surface area contributed by atoms with Crippen LogP contribution < -0.4 is 9.47 Å². The van der Waals surface area contributed by atoms with Crippen molar-refractivity contribution in [1.82, 2.24) is 9.80 Å². The van der Waals surface area contributed by atoms with Gasteiger partial charge in [-0.25, -0.2) is 0 Å². The van der Waals surface area contributed by atoms with Gasteiger partial charge in [0, 0.05) is 13.1 Å². The zero-order valence-corrected chi connectivity index (χ0v) is 20.2. The van der Waals surface area contributed by atoms with Gasteiger partial charge in [-0.15, -0.1) is 0 Å². The Labute approximate surface area is 208 Å². The minimum Gasteiger partial charge on any atom is -0.490 e. The summed E-state index contributed by atoms with van der Waals surface area (Å²) in [5.74, 6) is 0.429. The third-order valence-corrected chi connectivity index (χ3v) is 6.62. The molecule has 0 atom stereocenters. The Hall–Kier alpha value is -3.77. The maximum atomic E-state index is 12.9. The van der Waals surface area contributed by atoms with Gasteiger partial charge in [-0.1, -0.05) is 24.3 Å². The minimum atomic E-state index is -0.415. The van der Waals surface area contributed by atoms with Crippen LogP contribution in [0.2, 0.25) is 0 Å². The molecule has 0 N–H and O–H groups in total. The molecule has 4 rings (SSSR count). The van der Waals surface area contributed by atoms with Crippen LogP contribution in [0.25, 0.3) is 6.08 Å². The van der Waals surface area contributed by atoms with Crippen LogP contribution in [0.5, 0.6) is 11.5 Å². The average Bonchev–Trinajstić information content (AvgIpc) is 3.49. The first kappa shape index (κ1) is 24.4. The zero-order chi connectivity index (χ0) is 24.8. The number of likely N-dealkylation sites (tertiary alicyclic amines) is 1. The second-order valence-electron chi connectivity index (χ2n) is 8.05. The van der Waals surface area contributed by atoms with E-state index in [4.69, 9.17) is 9.47 Å². The molecule has 2 aromatic carbocycles. The lowest BCUT2D eigenvalue weighted by Crippen LogP contribution is -2.32. The minimum absolute atomic E-state index is 0.0355. The summed E-state index contributed by atoms with van der Waals surface area (Å²) in [6, 6.07) is 14.1. The highest BCUT2D eigenvalue weighted by Crippen LogP contribution is 2.35. The van der Waals surface area contributed by atoms with Crippen molar-refractivity contribution in [3.05, 3.63) is 64.1 Å². The van der Waals surface area contributed by atoms with Crippen LogP contribution in [-0.4, -0.2) is 53.2 Å². The van der Waals surface area contributed by atoms with E-state index < -0.39 is 5.91 Å². The van der Waals surface area contributed by atoms with Gasteiger partial charge in [0.15, 0.2) is 18.1 Å². The summed E-state index contributed by atoms with van der Waals surface area (Å²) in [4.78, 5) is 41.0. The summed E-state index contributed by atoms with van der Waals surface area (Å²) in [5.41, 5.74) is 1.70. The molecule has 2 heterocycles. The molecule has 2 aromatic rings. The molecule has 8 nitrogen and oxygen atoms in total. The SMILES string of the molecule is CCOc1cc(/C=C2\SC(=O)N(Cc3ccccc3C#N)C2=O)ccc1OCC(=O)N1CCCC1. The van der Waals surface area contributed by atoms with Crippen LogP contribution >= 0.6 is 11.8 Å². The van der Waals surface area contributed by atoms with Gasteiger partial charge in [-0.3, -0.25) is 19.3 Å². The number of amides is 3. The normalized spacial score (nSPS) is 16.6. The Balaban J connectivity index is 1.48. The fourth-order valence-corrected chi connectivity index (χ4v) is 4.76. The number of hydrogen-bond acceptors (Lipinski definition) is 7. The molecule has 2 aliphatic rings. The molecule has 0 aliphatic carbocycles. The van der Waals surface area contributed by atoms with Crippen LogP contribution in [0, 0.1) is 11.3 Å². The monoisotopic (exact) mass is 491 g/mol. The molecule has 2 saturated heterocycles. The van der Waals surface area contributed by atoms with E-state index >= 15 is 0 Å². The summed E-state index contributed by atoms with van der Waals surface area (Å²) in [7, 11) is 0. The number of carbonyl (C=O) groups excluding carboxylic acids is 3. The van der Waals surface area contributed by atoms with E-state index in [1.165, 1.54) is 0 Å². The van der Waals surface area contributed by atoms with Crippen LogP contribution in [0.15, 0.2) is 47.4 Å². The number of nitrogens with zero attached hydrogens (tertiary/aromatic N) is 3. The second-order valence-corrected chi connectivity index (χ2v) is 9.05. The van der Waals surface area contributed by atoms with Crippen molar-refractivity contribution in [1.29, 1.82) is 5.26 Å². The van der Waals surface area contributed by atoms with Gasteiger partial charge in [-0.2, -0.15) is 5.26 Å². The lowest BCUT2D eigenvalue weighted by molar-refractivity contribution is -0.132. The molecule has 0 saturated carbocycles. The molecule has 0 radical (unpaired) electrons. The third-order valence-electron chi connectivity index (χ3n) is 5.72. The molecular formula is C26H25N3O5S. The van der Waals surface area contributed by atoms with Gasteiger partial charge in [0.2, 0.25) is 0 Å². The number of imide groups is 1. The third kappa shape index (κ3) is 5.66. The van der Waals surface area contributed by atoms with Gasteiger partial charge >= 0.3 is 0 Å². The van der Waals surface area contributed by atoms with E-state index in [-0.39, 0.29) is 29.2 Å². The Morgan fingerprint density at radius 1 is 1.11 bits per heavy atom.